The predicted molar refractivity (Wildman–Crippen MR) is 99.7 cm³/mol. The highest BCUT2D eigenvalue weighted by atomic mass is 32.2. The Morgan fingerprint density at radius 3 is 2.62 bits per heavy atom. The zero-order chi connectivity index (χ0) is 19.3. The highest BCUT2D eigenvalue weighted by Gasteiger charge is 2.26. The first kappa shape index (κ1) is 20.2. The Kier molecular flexibility index (Phi) is 6.61. The van der Waals surface area contributed by atoms with Crippen LogP contribution in [0.4, 0.5) is 14.6 Å². The molecule has 142 valence electrons. The van der Waals surface area contributed by atoms with Crippen molar-refractivity contribution in [3.63, 3.8) is 0 Å². The molecule has 1 aromatic rings. The summed E-state index contributed by atoms with van der Waals surface area (Å²) < 4.78 is 24.1. The summed E-state index contributed by atoms with van der Waals surface area (Å²) in [4.78, 5) is 25.4. The van der Waals surface area contributed by atoms with Crippen molar-refractivity contribution in [2.75, 3.05) is 18.1 Å². The van der Waals surface area contributed by atoms with Crippen LogP contribution in [0.1, 0.15) is 48.6 Å². The highest BCUT2D eigenvalue weighted by Crippen LogP contribution is 2.37. The lowest BCUT2D eigenvalue weighted by atomic mass is 9.96. The molecule has 2 N–H and O–H groups in total. The molecule has 0 spiro atoms. The molecule has 1 aliphatic carbocycles. The first-order valence-electron chi connectivity index (χ1n) is 8.42. The highest BCUT2D eigenvalue weighted by molar-refractivity contribution is 7.88. The Bertz CT molecular complexity index is 839. The van der Waals surface area contributed by atoms with E-state index in [9.17, 15) is 23.3 Å². The summed E-state index contributed by atoms with van der Waals surface area (Å²) in [5, 5.41) is 14.3. The van der Waals surface area contributed by atoms with Gasteiger partial charge in [-0.05, 0) is 37.7 Å². The number of hydrogen-bond acceptors (Lipinski definition) is 6. The van der Waals surface area contributed by atoms with Gasteiger partial charge in [0.05, 0.1) is 11.8 Å². The molecule has 4 amide bonds. The fraction of sp³-hybridized carbons (Fsp3) is 0.562. The van der Waals surface area contributed by atoms with Gasteiger partial charge in [0, 0.05) is 11.4 Å². The van der Waals surface area contributed by atoms with E-state index >= 15 is 0 Å². The van der Waals surface area contributed by atoms with Crippen molar-refractivity contribution in [2.24, 2.45) is 0 Å². The first-order valence-corrected chi connectivity index (χ1v) is 11.1. The summed E-state index contributed by atoms with van der Waals surface area (Å²) in [6, 6.07) is 0.261. The Balaban J connectivity index is 2.10. The van der Waals surface area contributed by atoms with Gasteiger partial charge in [0.15, 0.2) is 0 Å². The van der Waals surface area contributed by atoms with E-state index in [1.54, 1.807) is 0 Å². The molecule has 0 aliphatic heterocycles. The van der Waals surface area contributed by atoms with E-state index in [-0.39, 0.29) is 6.54 Å². The van der Waals surface area contributed by atoms with Crippen molar-refractivity contribution in [1.82, 2.24) is 9.62 Å². The second kappa shape index (κ2) is 8.51. The Morgan fingerprint density at radius 2 is 2.00 bits per heavy atom. The van der Waals surface area contributed by atoms with Gasteiger partial charge in [-0.1, -0.05) is 13.3 Å². The van der Waals surface area contributed by atoms with Crippen LogP contribution in [0.5, 0.6) is 0 Å². The number of amides is 4. The van der Waals surface area contributed by atoms with E-state index in [1.807, 2.05) is 12.2 Å². The van der Waals surface area contributed by atoms with Gasteiger partial charge in [-0.15, -0.1) is 11.3 Å². The number of imide groups is 1. The Hall–Kier alpha value is -2.12. The first-order chi connectivity index (χ1) is 12.3. The number of nitrogens with one attached hydrogen (secondary N) is 2. The van der Waals surface area contributed by atoms with Crippen LogP contribution >= 0.6 is 11.3 Å². The van der Waals surface area contributed by atoms with Crippen molar-refractivity contribution in [3.8, 4) is 6.07 Å². The van der Waals surface area contributed by atoms with Crippen molar-refractivity contribution in [2.45, 2.75) is 45.4 Å². The third kappa shape index (κ3) is 4.74. The molecule has 26 heavy (non-hydrogen) atoms. The summed E-state index contributed by atoms with van der Waals surface area (Å²) in [7, 11) is -3.78. The van der Waals surface area contributed by atoms with E-state index in [1.165, 1.54) is 11.3 Å². The van der Waals surface area contributed by atoms with Gasteiger partial charge < -0.3 is 0 Å². The molecule has 0 aromatic carbocycles. The monoisotopic (exact) mass is 398 g/mol. The van der Waals surface area contributed by atoms with Gasteiger partial charge in [0.25, 0.3) is 0 Å². The normalized spacial score (nSPS) is 13.4. The number of unbranched alkanes of at least 4 members (excludes halogenated alkanes) is 1. The number of nitrogens with zero attached hydrogens (tertiary/aromatic N) is 2. The summed E-state index contributed by atoms with van der Waals surface area (Å²) in [6.45, 7) is 1.87. The molecule has 8 nitrogen and oxygen atoms in total. The third-order valence-electron chi connectivity index (χ3n) is 4.07. The minimum atomic E-state index is -3.78. The molecular formula is C16H22N4O4S2. The van der Waals surface area contributed by atoms with Crippen LogP contribution in [0.15, 0.2) is 0 Å². The molecular weight excluding hydrogens is 376 g/mol. The number of hydrogen-bond donors (Lipinski definition) is 2. The fourth-order valence-corrected chi connectivity index (χ4v) is 4.83. The lowest BCUT2D eigenvalue weighted by molar-refractivity contribution is 0.219. The van der Waals surface area contributed by atoms with E-state index in [2.05, 4.69) is 11.4 Å². The zero-order valence-corrected chi connectivity index (χ0v) is 16.4. The third-order valence-corrected chi connectivity index (χ3v) is 6.43. The molecule has 0 saturated heterocycles. The maximum atomic E-state index is 12.2. The molecule has 0 unspecified atom stereocenters. The number of aryl methyl sites for hydroxylation is 1. The van der Waals surface area contributed by atoms with Crippen LogP contribution in [-0.4, -0.2) is 37.6 Å². The number of nitriles is 1. The van der Waals surface area contributed by atoms with Crippen molar-refractivity contribution >= 4 is 38.4 Å². The smallest absolute Gasteiger partial charge is 0.298 e. The van der Waals surface area contributed by atoms with Gasteiger partial charge in [0.2, 0.25) is 10.0 Å². The SMILES string of the molecule is CCCCN(C(=O)NC(=O)Nc1sc2c(c1C#N)CCCC2)S(C)(=O)=O. The summed E-state index contributed by atoms with van der Waals surface area (Å²) in [5.41, 5.74) is 1.39. The molecule has 1 aromatic heterocycles. The van der Waals surface area contributed by atoms with E-state index in [4.69, 9.17) is 0 Å². The maximum Gasteiger partial charge on any atom is 0.339 e. The van der Waals surface area contributed by atoms with Crippen LogP contribution in [0, 0.1) is 11.3 Å². The fourth-order valence-electron chi connectivity index (χ4n) is 2.79. The number of carbonyl (C=O) groups is 2. The predicted octanol–water partition coefficient (Wildman–Crippen LogP) is 2.80. The average Bonchev–Trinajstić information content (AvgIpc) is 2.90. The number of urea groups is 2. The minimum absolute atomic E-state index is 0.00515. The number of fused-ring (bicyclic) bond motifs is 1. The number of thiophene rings is 1. The quantitative estimate of drug-likeness (QED) is 0.790. The lowest BCUT2D eigenvalue weighted by Crippen LogP contribution is -2.47. The largest absolute Gasteiger partial charge is 0.339 e. The van der Waals surface area contributed by atoms with Crippen LogP contribution in [0.3, 0.4) is 0 Å². The zero-order valence-electron chi connectivity index (χ0n) is 14.8. The van der Waals surface area contributed by atoms with Crippen molar-refractivity contribution in [3.05, 3.63) is 16.0 Å². The summed E-state index contributed by atoms with van der Waals surface area (Å²) in [5.74, 6) is 0. The number of anilines is 1. The van der Waals surface area contributed by atoms with Gasteiger partial charge in [0.1, 0.15) is 11.1 Å². The van der Waals surface area contributed by atoms with Crippen molar-refractivity contribution in [1.29, 1.82) is 5.26 Å². The maximum absolute atomic E-state index is 12.2. The van der Waals surface area contributed by atoms with Crippen molar-refractivity contribution < 1.29 is 18.0 Å². The number of sulfonamides is 1. The molecule has 2 rings (SSSR count). The van der Waals surface area contributed by atoms with Gasteiger partial charge in [-0.3, -0.25) is 10.6 Å². The van der Waals surface area contributed by atoms with Crippen LogP contribution in [0.25, 0.3) is 0 Å². The standard InChI is InChI=1S/C16H22N4O4S2/c1-3-4-9-20(26(2,23)24)16(22)19-15(21)18-14-12(10-17)11-7-5-6-8-13(11)25-14/h3-9H2,1-2H3,(H2,18,19,21,22). The van der Waals surface area contributed by atoms with Gasteiger partial charge in [-0.2, -0.15) is 5.26 Å². The van der Waals surface area contributed by atoms with Crippen LogP contribution in [-0.2, 0) is 22.9 Å². The Labute approximate surface area is 157 Å². The minimum Gasteiger partial charge on any atom is -0.298 e. The molecule has 0 bridgehead atoms. The lowest BCUT2D eigenvalue weighted by Gasteiger charge is -2.20. The molecule has 10 heteroatoms. The number of carbonyl (C=O) groups excluding carboxylic acids is 2. The molecule has 0 radical (unpaired) electrons. The average molecular weight is 399 g/mol. The van der Waals surface area contributed by atoms with Gasteiger partial charge in [-0.25, -0.2) is 22.3 Å². The second-order valence-corrected chi connectivity index (χ2v) is 9.11. The summed E-state index contributed by atoms with van der Waals surface area (Å²) >= 11 is 1.33. The summed E-state index contributed by atoms with van der Waals surface area (Å²) in [6.07, 6.45) is 5.84. The van der Waals surface area contributed by atoms with Crippen LogP contribution in [0.2, 0.25) is 0 Å². The van der Waals surface area contributed by atoms with Crippen LogP contribution < -0.4 is 10.6 Å². The van der Waals surface area contributed by atoms with E-state index in [0.29, 0.717) is 27.7 Å². The second-order valence-electron chi connectivity index (χ2n) is 6.10. The van der Waals surface area contributed by atoms with Gasteiger partial charge >= 0.3 is 12.1 Å². The molecule has 0 fully saturated rings. The number of rotatable bonds is 5. The van der Waals surface area contributed by atoms with E-state index in [0.717, 1.165) is 42.4 Å². The Morgan fingerprint density at radius 1 is 1.31 bits per heavy atom. The van der Waals surface area contributed by atoms with E-state index < -0.39 is 22.1 Å². The molecule has 0 atom stereocenters. The molecule has 1 aliphatic rings. The topological polar surface area (TPSA) is 119 Å². The molecule has 0 saturated carbocycles. The molecule has 1 heterocycles.